The number of H-pyrrole nitrogens is 1. The van der Waals surface area contributed by atoms with Crippen molar-refractivity contribution in [1.82, 2.24) is 15.0 Å². The van der Waals surface area contributed by atoms with Crippen LogP contribution in [0.2, 0.25) is 0 Å². The Hall–Kier alpha value is -3.52. The molecule has 7 nitrogen and oxygen atoms in total. The number of aromatic amines is 1. The van der Waals surface area contributed by atoms with Crippen LogP contribution in [-0.2, 0) is 11.2 Å². The lowest BCUT2D eigenvalue weighted by Gasteiger charge is -2.05. The Morgan fingerprint density at radius 2 is 1.94 bits per heavy atom. The molecule has 0 aliphatic rings. The SMILES string of the molecule is CCCOc1ccc(-c2csc(NC(=O)CCc3nc4ccccc4c(=O)[nH]3)n2)cc1. The zero-order chi connectivity index (χ0) is 21.6. The van der Waals surface area contributed by atoms with Crippen LogP contribution in [0.4, 0.5) is 5.13 Å². The van der Waals surface area contributed by atoms with E-state index in [2.05, 4.69) is 27.2 Å². The summed E-state index contributed by atoms with van der Waals surface area (Å²) in [4.78, 5) is 36.1. The lowest BCUT2D eigenvalue weighted by molar-refractivity contribution is -0.116. The van der Waals surface area contributed by atoms with Crippen LogP contribution < -0.4 is 15.6 Å². The number of para-hydroxylation sites is 1. The fourth-order valence-electron chi connectivity index (χ4n) is 3.07. The van der Waals surface area contributed by atoms with E-state index in [1.54, 1.807) is 18.2 Å². The quantitative estimate of drug-likeness (QED) is 0.428. The molecule has 158 valence electrons. The third kappa shape index (κ3) is 5.16. The monoisotopic (exact) mass is 434 g/mol. The Morgan fingerprint density at radius 3 is 2.74 bits per heavy atom. The molecule has 2 aromatic heterocycles. The molecule has 0 saturated heterocycles. The van der Waals surface area contributed by atoms with E-state index in [-0.39, 0.29) is 17.9 Å². The number of hydrogen-bond acceptors (Lipinski definition) is 6. The van der Waals surface area contributed by atoms with Gasteiger partial charge >= 0.3 is 0 Å². The topological polar surface area (TPSA) is 97.0 Å². The first-order chi connectivity index (χ1) is 15.1. The fourth-order valence-corrected chi connectivity index (χ4v) is 3.81. The number of carbonyl (C=O) groups is 1. The third-order valence-electron chi connectivity index (χ3n) is 4.62. The second kappa shape index (κ2) is 9.53. The summed E-state index contributed by atoms with van der Waals surface area (Å²) in [5, 5.41) is 5.79. The number of amides is 1. The highest BCUT2D eigenvalue weighted by molar-refractivity contribution is 7.14. The molecule has 0 radical (unpaired) electrons. The second-order valence-electron chi connectivity index (χ2n) is 6.99. The van der Waals surface area contributed by atoms with Crippen LogP contribution in [0, 0.1) is 0 Å². The number of aryl methyl sites for hydroxylation is 1. The highest BCUT2D eigenvalue weighted by Crippen LogP contribution is 2.26. The Kier molecular flexibility index (Phi) is 6.37. The molecule has 2 heterocycles. The van der Waals surface area contributed by atoms with Crippen molar-refractivity contribution < 1.29 is 9.53 Å². The van der Waals surface area contributed by atoms with Gasteiger partial charge in [-0.05, 0) is 42.8 Å². The van der Waals surface area contributed by atoms with E-state index < -0.39 is 0 Å². The highest BCUT2D eigenvalue weighted by Gasteiger charge is 2.10. The van der Waals surface area contributed by atoms with Crippen molar-refractivity contribution in [3.8, 4) is 17.0 Å². The van der Waals surface area contributed by atoms with Gasteiger partial charge in [0.1, 0.15) is 11.6 Å². The Morgan fingerprint density at radius 1 is 1.13 bits per heavy atom. The minimum atomic E-state index is -0.198. The summed E-state index contributed by atoms with van der Waals surface area (Å²) in [5.41, 5.74) is 2.18. The Bertz CT molecular complexity index is 1250. The molecule has 0 aliphatic heterocycles. The standard InChI is InChI=1S/C23H22N4O3S/c1-2-13-30-16-9-7-15(8-10-16)19-14-31-23(25-19)27-21(28)12-11-20-24-18-6-4-3-5-17(18)22(29)26-20/h3-10,14H,2,11-13H2,1H3,(H,24,26,29)(H,25,27,28). The minimum Gasteiger partial charge on any atom is -0.494 e. The Labute approximate surface area is 183 Å². The van der Waals surface area contributed by atoms with E-state index in [4.69, 9.17) is 4.74 Å². The van der Waals surface area contributed by atoms with Gasteiger partial charge in [0, 0.05) is 23.8 Å². The molecule has 4 aromatic rings. The largest absolute Gasteiger partial charge is 0.494 e. The second-order valence-corrected chi connectivity index (χ2v) is 7.85. The van der Waals surface area contributed by atoms with E-state index in [9.17, 15) is 9.59 Å². The number of aromatic nitrogens is 3. The normalized spacial score (nSPS) is 10.9. The van der Waals surface area contributed by atoms with Crippen molar-refractivity contribution in [3.63, 3.8) is 0 Å². The van der Waals surface area contributed by atoms with Crippen LogP contribution in [0.25, 0.3) is 22.2 Å². The maximum absolute atomic E-state index is 12.3. The number of ether oxygens (including phenoxy) is 1. The summed E-state index contributed by atoms with van der Waals surface area (Å²) in [5.74, 6) is 1.14. The van der Waals surface area contributed by atoms with Crippen molar-refractivity contribution in [1.29, 1.82) is 0 Å². The molecule has 2 aromatic carbocycles. The number of fused-ring (bicyclic) bond motifs is 1. The number of benzene rings is 2. The number of hydrogen-bond donors (Lipinski definition) is 2. The summed E-state index contributed by atoms with van der Waals surface area (Å²) < 4.78 is 5.60. The first-order valence-corrected chi connectivity index (χ1v) is 11.0. The van der Waals surface area contributed by atoms with Crippen molar-refractivity contribution in [2.24, 2.45) is 0 Å². The van der Waals surface area contributed by atoms with E-state index in [0.29, 0.717) is 34.9 Å². The maximum atomic E-state index is 12.3. The van der Waals surface area contributed by atoms with Crippen molar-refractivity contribution in [2.75, 3.05) is 11.9 Å². The van der Waals surface area contributed by atoms with Crippen LogP contribution in [0.1, 0.15) is 25.6 Å². The molecule has 1 amide bonds. The molecule has 0 unspecified atom stereocenters. The molecule has 0 saturated carbocycles. The number of anilines is 1. The average Bonchev–Trinajstić information content (AvgIpc) is 3.25. The van der Waals surface area contributed by atoms with Gasteiger partial charge in [-0.15, -0.1) is 11.3 Å². The Balaban J connectivity index is 1.35. The van der Waals surface area contributed by atoms with Crippen LogP contribution >= 0.6 is 11.3 Å². The van der Waals surface area contributed by atoms with Gasteiger partial charge in [0.25, 0.3) is 5.56 Å². The molecular formula is C23H22N4O3S. The van der Waals surface area contributed by atoms with Gasteiger partial charge in [0.2, 0.25) is 5.91 Å². The molecule has 0 fully saturated rings. The highest BCUT2D eigenvalue weighted by atomic mass is 32.1. The van der Waals surface area contributed by atoms with Gasteiger partial charge in [-0.3, -0.25) is 9.59 Å². The predicted octanol–water partition coefficient (Wildman–Crippen LogP) is 4.41. The third-order valence-corrected chi connectivity index (χ3v) is 5.38. The summed E-state index contributed by atoms with van der Waals surface area (Å²) >= 11 is 1.37. The summed E-state index contributed by atoms with van der Waals surface area (Å²) in [6.45, 7) is 2.76. The molecule has 2 N–H and O–H groups in total. The first kappa shape index (κ1) is 20.7. The molecule has 0 spiro atoms. The average molecular weight is 435 g/mol. The zero-order valence-corrected chi connectivity index (χ0v) is 17.9. The predicted molar refractivity (Wildman–Crippen MR) is 123 cm³/mol. The number of rotatable bonds is 8. The fraction of sp³-hybridized carbons (Fsp3) is 0.217. The summed E-state index contributed by atoms with van der Waals surface area (Å²) in [7, 11) is 0. The molecule has 4 rings (SSSR count). The van der Waals surface area contributed by atoms with E-state index >= 15 is 0 Å². The number of carbonyl (C=O) groups excluding carboxylic acids is 1. The number of nitrogens with one attached hydrogen (secondary N) is 2. The molecule has 0 bridgehead atoms. The molecule has 31 heavy (non-hydrogen) atoms. The van der Waals surface area contributed by atoms with Crippen LogP contribution in [0.15, 0.2) is 58.7 Å². The van der Waals surface area contributed by atoms with Gasteiger partial charge in [0.15, 0.2) is 5.13 Å². The van der Waals surface area contributed by atoms with Crippen LogP contribution in [-0.4, -0.2) is 27.5 Å². The van der Waals surface area contributed by atoms with Crippen LogP contribution in [0.5, 0.6) is 5.75 Å². The maximum Gasteiger partial charge on any atom is 0.258 e. The van der Waals surface area contributed by atoms with E-state index in [1.165, 1.54) is 11.3 Å². The molecule has 0 atom stereocenters. The molecule has 0 aliphatic carbocycles. The van der Waals surface area contributed by atoms with Crippen molar-refractivity contribution in [3.05, 3.63) is 70.1 Å². The van der Waals surface area contributed by atoms with Crippen LogP contribution in [0.3, 0.4) is 0 Å². The van der Waals surface area contributed by atoms with Gasteiger partial charge in [-0.2, -0.15) is 0 Å². The lowest BCUT2D eigenvalue weighted by Crippen LogP contribution is -2.16. The van der Waals surface area contributed by atoms with Crippen molar-refractivity contribution >= 4 is 33.3 Å². The number of thiazole rings is 1. The lowest BCUT2D eigenvalue weighted by atomic mass is 10.2. The molecule has 8 heteroatoms. The van der Waals surface area contributed by atoms with E-state index in [1.807, 2.05) is 35.7 Å². The summed E-state index contributed by atoms with van der Waals surface area (Å²) in [6.07, 6.45) is 1.49. The minimum absolute atomic E-state index is 0.181. The first-order valence-electron chi connectivity index (χ1n) is 10.1. The zero-order valence-electron chi connectivity index (χ0n) is 17.1. The van der Waals surface area contributed by atoms with Gasteiger partial charge in [-0.1, -0.05) is 19.1 Å². The smallest absolute Gasteiger partial charge is 0.258 e. The molecular weight excluding hydrogens is 412 g/mol. The van der Waals surface area contributed by atoms with Gasteiger partial charge in [-0.25, -0.2) is 9.97 Å². The summed E-state index contributed by atoms with van der Waals surface area (Å²) in [6, 6.07) is 14.9. The van der Waals surface area contributed by atoms with E-state index in [0.717, 1.165) is 23.4 Å². The number of nitrogens with zero attached hydrogens (tertiary/aromatic N) is 2. The van der Waals surface area contributed by atoms with Gasteiger partial charge in [0.05, 0.1) is 23.2 Å². The van der Waals surface area contributed by atoms with Crippen molar-refractivity contribution in [2.45, 2.75) is 26.2 Å². The van der Waals surface area contributed by atoms with Gasteiger partial charge < -0.3 is 15.0 Å².